The van der Waals surface area contributed by atoms with Gasteiger partial charge in [0.1, 0.15) is 98.5 Å². The zero-order chi connectivity index (χ0) is 54.6. The molecule has 0 spiro atoms. The molecular formula is C51H64O24. The molecule has 0 saturated carbocycles. The highest BCUT2D eigenvalue weighted by Crippen LogP contribution is 2.36. The van der Waals surface area contributed by atoms with Gasteiger partial charge in [-0.25, -0.2) is 9.59 Å². The van der Waals surface area contributed by atoms with Crippen LogP contribution in [-0.2, 0) is 70.3 Å². The molecule has 3 heterocycles. The van der Waals surface area contributed by atoms with Crippen LogP contribution in [0, 0.1) is 5.92 Å². The average molecular weight is 1060 g/mol. The highest BCUT2D eigenvalue weighted by atomic mass is 16.7. The van der Waals surface area contributed by atoms with Gasteiger partial charge in [-0.3, -0.25) is 9.59 Å². The number of carbonyl (C=O) groups is 4. The summed E-state index contributed by atoms with van der Waals surface area (Å²) < 4.78 is 56.5. The van der Waals surface area contributed by atoms with Crippen LogP contribution in [0.15, 0.2) is 84.9 Å². The smallest absolute Gasteiger partial charge is 0.339 e. The van der Waals surface area contributed by atoms with Gasteiger partial charge < -0.3 is 98.4 Å². The summed E-state index contributed by atoms with van der Waals surface area (Å²) in [6.07, 6.45) is -23.2. The molecule has 16 atom stereocenters. The number of rotatable bonds is 22. The van der Waals surface area contributed by atoms with Gasteiger partial charge in [-0.15, -0.1) is 0 Å². The SMILES string of the molecule is CC(=O)OC[C@H]1OC(O[C@@](CC(=O)OCc2ccc(OC3O[C@H](CO)[C@@H](O)[C@H](O)C3O)cc2)(CC(C)C)C(=O)OCc2ccc(O[C@@H]3O[C@H](CO)[C@@H](O)[C@H](O)C3O)cc2)C(O)[C@@H](O)[C@@H]1OC(=O)/C=C/c1ccccc1. The van der Waals surface area contributed by atoms with E-state index in [1.165, 1.54) is 54.6 Å². The number of hydrogen-bond acceptors (Lipinski definition) is 24. The van der Waals surface area contributed by atoms with Crippen LogP contribution in [0.1, 0.15) is 50.3 Å². The molecule has 3 aliphatic heterocycles. The second-order valence-electron chi connectivity index (χ2n) is 18.5. The van der Waals surface area contributed by atoms with Crippen LogP contribution >= 0.6 is 0 Å². The predicted molar refractivity (Wildman–Crippen MR) is 252 cm³/mol. The van der Waals surface area contributed by atoms with Crippen molar-refractivity contribution in [2.75, 3.05) is 19.8 Å². The fourth-order valence-electron chi connectivity index (χ4n) is 8.29. The third-order valence-corrected chi connectivity index (χ3v) is 12.3. The van der Waals surface area contributed by atoms with Gasteiger partial charge in [-0.2, -0.15) is 0 Å². The van der Waals surface area contributed by atoms with E-state index >= 15 is 0 Å². The number of esters is 4. The molecular weight excluding hydrogens is 997 g/mol. The van der Waals surface area contributed by atoms with Crippen molar-refractivity contribution in [3.8, 4) is 11.5 Å². The maximum atomic E-state index is 14.6. The van der Waals surface area contributed by atoms with Crippen molar-refractivity contribution >= 4 is 30.0 Å². The molecule has 0 radical (unpaired) electrons. The summed E-state index contributed by atoms with van der Waals surface area (Å²) in [5.41, 5.74) is -0.980. The highest BCUT2D eigenvalue weighted by Gasteiger charge is 2.54. The van der Waals surface area contributed by atoms with Crippen molar-refractivity contribution in [2.24, 2.45) is 5.92 Å². The average Bonchev–Trinajstić information content (AvgIpc) is 3.39. The molecule has 0 aromatic heterocycles. The van der Waals surface area contributed by atoms with Crippen LogP contribution in [0.3, 0.4) is 0 Å². The van der Waals surface area contributed by atoms with Gasteiger partial charge in [0, 0.05) is 13.0 Å². The number of benzene rings is 3. The first kappa shape index (κ1) is 58.6. The fraction of sp³-hybridized carbons (Fsp3) is 0.529. The fourth-order valence-corrected chi connectivity index (χ4v) is 8.29. The monoisotopic (exact) mass is 1060 g/mol. The Kier molecular flexibility index (Phi) is 21.0. The van der Waals surface area contributed by atoms with E-state index < -0.39 is 160 Å². The third-order valence-electron chi connectivity index (χ3n) is 12.3. The van der Waals surface area contributed by atoms with Gasteiger partial charge in [0.15, 0.2) is 18.0 Å². The van der Waals surface area contributed by atoms with E-state index in [1.807, 2.05) is 0 Å². The van der Waals surface area contributed by atoms with E-state index in [-0.39, 0.29) is 24.5 Å². The minimum absolute atomic E-state index is 0.104. The van der Waals surface area contributed by atoms with E-state index in [9.17, 15) is 70.2 Å². The molecule has 24 heteroatoms. The van der Waals surface area contributed by atoms with Gasteiger partial charge in [0.2, 0.25) is 12.6 Å². The van der Waals surface area contributed by atoms with Gasteiger partial charge in [-0.1, -0.05) is 68.4 Å². The van der Waals surface area contributed by atoms with Crippen molar-refractivity contribution in [2.45, 2.75) is 145 Å². The van der Waals surface area contributed by atoms with Crippen LogP contribution in [0.4, 0.5) is 0 Å². The van der Waals surface area contributed by atoms with Crippen LogP contribution in [0.5, 0.6) is 11.5 Å². The van der Waals surface area contributed by atoms with E-state index in [2.05, 4.69) is 0 Å². The minimum Gasteiger partial charge on any atom is -0.463 e. The predicted octanol–water partition coefficient (Wildman–Crippen LogP) is -1.34. The Bertz CT molecular complexity index is 2330. The summed E-state index contributed by atoms with van der Waals surface area (Å²) >= 11 is 0. The van der Waals surface area contributed by atoms with Gasteiger partial charge in [0.05, 0.1) is 19.6 Å². The van der Waals surface area contributed by atoms with Crippen LogP contribution in [-0.4, -0.2) is 192 Å². The van der Waals surface area contributed by atoms with E-state index in [0.717, 1.165) is 13.0 Å². The molecule has 75 heavy (non-hydrogen) atoms. The Morgan fingerprint density at radius 1 is 0.600 bits per heavy atom. The Hall–Kier alpha value is -5.68. The lowest BCUT2D eigenvalue weighted by Gasteiger charge is -2.44. The van der Waals surface area contributed by atoms with E-state index in [0.29, 0.717) is 16.7 Å². The summed E-state index contributed by atoms with van der Waals surface area (Å²) in [5, 5.41) is 104. The molecule has 0 amide bonds. The first-order chi connectivity index (χ1) is 35.7. The standard InChI is InChI=1S/C51H64O24/c1-26(2)19-51(50(65)68-24-30-11-16-32(17-12-30)70-48-44(63)41(60)39(58)34(22-53)72-48,20-37(56)67-23-29-9-14-31(15-10-29)69-47-43(62)40(59)38(57)33(21-52)71-47)75-49-45(64)42(61)46(35(73-49)25-66-27(3)54)74-36(55)18-13-28-7-5-4-6-8-28/h4-18,26,33-35,38-49,52-53,57-64H,19-25H2,1-3H3/b18-13+/t33-,34-,35-,38-,39-,40+,41+,42-,43?,44?,45?,46-,47?,48-,49?,51-/m1/s1. The molecule has 24 nitrogen and oxygen atoms in total. The Morgan fingerprint density at radius 2 is 1.09 bits per heavy atom. The molecule has 5 unspecified atom stereocenters. The number of ether oxygens (including phenoxy) is 10. The normalized spacial score (nSPS) is 30.7. The largest absolute Gasteiger partial charge is 0.463 e. The summed E-state index contributed by atoms with van der Waals surface area (Å²) in [7, 11) is 0. The summed E-state index contributed by atoms with van der Waals surface area (Å²) in [5.74, 6) is -4.17. The number of hydrogen-bond donors (Lipinski definition) is 10. The van der Waals surface area contributed by atoms with Gasteiger partial charge in [-0.05, 0) is 59.4 Å². The maximum absolute atomic E-state index is 14.6. The molecule has 412 valence electrons. The molecule has 3 aliphatic rings. The molecule has 10 N–H and O–H groups in total. The maximum Gasteiger partial charge on any atom is 0.339 e. The first-order valence-corrected chi connectivity index (χ1v) is 23.9. The van der Waals surface area contributed by atoms with Crippen molar-refractivity contribution in [3.63, 3.8) is 0 Å². The second kappa shape index (κ2) is 26.9. The second-order valence-corrected chi connectivity index (χ2v) is 18.5. The van der Waals surface area contributed by atoms with Crippen molar-refractivity contribution in [1.82, 2.24) is 0 Å². The Morgan fingerprint density at radius 3 is 1.59 bits per heavy atom. The van der Waals surface area contributed by atoms with Crippen molar-refractivity contribution < 1.29 is 118 Å². The molecule has 0 bridgehead atoms. The lowest BCUT2D eigenvalue weighted by atomic mass is 9.88. The lowest BCUT2D eigenvalue weighted by Crippen LogP contribution is -2.63. The summed E-state index contributed by atoms with van der Waals surface area (Å²) in [6, 6.07) is 20.2. The Balaban J connectivity index is 1.21. The molecule has 3 fully saturated rings. The highest BCUT2D eigenvalue weighted by molar-refractivity contribution is 5.87. The van der Waals surface area contributed by atoms with Gasteiger partial charge in [0.25, 0.3) is 0 Å². The molecule has 3 aromatic carbocycles. The third kappa shape index (κ3) is 15.5. The summed E-state index contributed by atoms with van der Waals surface area (Å²) in [6.45, 7) is 1.64. The van der Waals surface area contributed by atoms with Crippen LogP contribution < -0.4 is 9.47 Å². The molecule has 3 saturated heterocycles. The molecule has 6 rings (SSSR count). The number of carbonyl (C=O) groups excluding carboxylic acids is 4. The van der Waals surface area contributed by atoms with Crippen molar-refractivity contribution in [3.05, 3.63) is 102 Å². The van der Waals surface area contributed by atoms with E-state index in [1.54, 1.807) is 44.2 Å². The molecule has 3 aromatic rings. The zero-order valence-corrected chi connectivity index (χ0v) is 41.0. The number of aliphatic hydroxyl groups is 10. The zero-order valence-electron chi connectivity index (χ0n) is 41.0. The molecule has 0 aliphatic carbocycles. The quantitative estimate of drug-likeness (QED) is 0.0316. The van der Waals surface area contributed by atoms with Gasteiger partial charge >= 0.3 is 23.9 Å². The first-order valence-electron chi connectivity index (χ1n) is 23.9. The lowest BCUT2D eigenvalue weighted by molar-refractivity contribution is -0.328. The van der Waals surface area contributed by atoms with Crippen molar-refractivity contribution in [1.29, 1.82) is 0 Å². The van der Waals surface area contributed by atoms with Crippen LogP contribution in [0.2, 0.25) is 0 Å². The minimum atomic E-state index is -2.36. The van der Waals surface area contributed by atoms with Crippen LogP contribution in [0.25, 0.3) is 6.08 Å². The summed E-state index contributed by atoms with van der Waals surface area (Å²) in [4.78, 5) is 53.6. The number of aliphatic hydroxyl groups excluding tert-OH is 10. The topological polar surface area (TPSA) is 363 Å². The van der Waals surface area contributed by atoms with E-state index in [4.69, 9.17) is 47.4 Å². The Labute approximate surface area is 430 Å².